The summed E-state index contributed by atoms with van der Waals surface area (Å²) in [5.74, 6) is 0. The first-order valence-corrected chi connectivity index (χ1v) is 10.3. The average Bonchev–Trinajstić information content (AvgIpc) is 2.99. The summed E-state index contributed by atoms with van der Waals surface area (Å²) in [5.41, 5.74) is 0.544. The molecule has 1 atom stereocenters. The van der Waals surface area contributed by atoms with E-state index in [1.54, 1.807) is 54.6 Å². The van der Waals surface area contributed by atoms with Gasteiger partial charge in [0.25, 0.3) is 10.0 Å². The Labute approximate surface area is 140 Å². The van der Waals surface area contributed by atoms with Gasteiger partial charge in [-0.1, -0.05) is 24.3 Å². The van der Waals surface area contributed by atoms with Crippen LogP contribution in [0.4, 0.5) is 0 Å². The lowest BCUT2D eigenvalue weighted by atomic mass is 10.2. The van der Waals surface area contributed by atoms with Crippen LogP contribution >= 0.6 is 11.8 Å². The number of rotatable bonds is 5. The second kappa shape index (κ2) is 6.48. The second-order valence-electron chi connectivity index (χ2n) is 4.70. The van der Waals surface area contributed by atoms with Crippen molar-refractivity contribution in [2.24, 2.45) is 0 Å². The number of fused-ring (bicyclic) bond motifs is 1. The van der Waals surface area contributed by atoms with Crippen LogP contribution in [-0.2, 0) is 21.1 Å². The van der Waals surface area contributed by atoms with E-state index < -0.39 is 21.1 Å². The van der Waals surface area contributed by atoms with Crippen molar-refractivity contribution in [2.45, 2.75) is 9.79 Å². The number of benzene rings is 2. The van der Waals surface area contributed by atoms with Gasteiger partial charge < -0.3 is 4.55 Å². The van der Waals surface area contributed by atoms with Crippen molar-refractivity contribution in [2.75, 3.05) is 5.08 Å². The van der Waals surface area contributed by atoms with Crippen LogP contribution in [0, 0.1) is 0 Å². The molecule has 0 aliphatic heterocycles. The predicted octanol–water partition coefficient (Wildman–Crippen LogP) is 3.15. The summed E-state index contributed by atoms with van der Waals surface area (Å²) in [4.78, 5) is 0.985. The summed E-state index contributed by atoms with van der Waals surface area (Å²) < 4.78 is 46.5. The van der Waals surface area contributed by atoms with Crippen molar-refractivity contribution in [1.29, 1.82) is 0 Å². The molecule has 5 nitrogen and oxygen atoms in total. The summed E-state index contributed by atoms with van der Waals surface area (Å²) in [6.45, 7) is 0. The largest absolute Gasteiger partial charge is 0.305 e. The minimum absolute atomic E-state index is 0.0374. The molecular weight excluding hydrogens is 354 g/mol. The smallest absolute Gasteiger partial charge is 0.268 e. The maximum atomic E-state index is 12.8. The number of aromatic nitrogens is 1. The molecule has 0 saturated carbocycles. The maximum Gasteiger partial charge on any atom is 0.268 e. The topological polar surface area (TPSA) is 76.4 Å². The molecule has 0 radical (unpaired) electrons. The number of nitrogens with zero attached hydrogens (tertiary/aromatic N) is 1. The van der Waals surface area contributed by atoms with Gasteiger partial charge in [-0.25, -0.2) is 16.6 Å². The van der Waals surface area contributed by atoms with Crippen LogP contribution in [0.5, 0.6) is 0 Å². The molecule has 8 heteroatoms. The standard InChI is InChI=1S/C15H13NO4S3/c17-22(18)11-21-15-8-4-7-14-13(15)9-10-16(14)23(19,20)12-5-2-1-3-6-12/h1-10H,11H2,(H,17,18). The van der Waals surface area contributed by atoms with Gasteiger partial charge in [0.1, 0.15) is 0 Å². The van der Waals surface area contributed by atoms with E-state index in [4.69, 9.17) is 4.55 Å². The van der Waals surface area contributed by atoms with E-state index in [9.17, 15) is 12.6 Å². The molecule has 3 rings (SSSR count). The van der Waals surface area contributed by atoms with Crippen molar-refractivity contribution in [3.05, 3.63) is 60.8 Å². The zero-order valence-electron chi connectivity index (χ0n) is 11.8. The van der Waals surface area contributed by atoms with E-state index in [1.165, 1.54) is 21.9 Å². The van der Waals surface area contributed by atoms with Crippen molar-refractivity contribution in [1.82, 2.24) is 3.97 Å². The van der Waals surface area contributed by atoms with Crippen LogP contribution in [0.15, 0.2) is 70.6 Å². The Kier molecular flexibility index (Phi) is 4.58. The Morgan fingerprint density at radius 1 is 1.04 bits per heavy atom. The third-order valence-electron chi connectivity index (χ3n) is 3.27. The molecule has 0 saturated heterocycles. The van der Waals surface area contributed by atoms with Gasteiger partial charge >= 0.3 is 0 Å². The normalized spacial score (nSPS) is 13.3. The van der Waals surface area contributed by atoms with E-state index >= 15 is 0 Å². The van der Waals surface area contributed by atoms with Gasteiger partial charge in [0.2, 0.25) is 0 Å². The number of hydrogen-bond acceptors (Lipinski definition) is 4. The van der Waals surface area contributed by atoms with Gasteiger partial charge in [-0.2, -0.15) is 0 Å². The molecule has 3 aromatic rings. The number of thioether (sulfide) groups is 1. The molecule has 120 valence electrons. The molecule has 1 heterocycles. The maximum absolute atomic E-state index is 12.8. The lowest BCUT2D eigenvalue weighted by Gasteiger charge is -2.08. The van der Waals surface area contributed by atoms with Crippen LogP contribution in [0.25, 0.3) is 10.9 Å². The summed E-state index contributed by atoms with van der Waals surface area (Å²) in [5, 5.41) is 0.776. The molecule has 1 unspecified atom stereocenters. The zero-order valence-corrected chi connectivity index (χ0v) is 14.3. The molecule has 0 spiro atoms. The first-order valence-electron chi connectivity index (χ1n) is 6.61. The van der Waals surface area contributed by atoms with E-state index in [2.05, 4.69) is 0 Å². The minimum atomic E-state index is -3.67. The molecule has 0 fully saturated rings. The Hall–Kier alpha value is -1.61. The average molecular weight is 367 g/mol. The lowest BCUT2D eigenvalue weighted by molar-refractivity contribution is 0.569. The third kappa shape index (κ3) is 3.20. The summed E-state index contributed by atoms with van der Waals surface area (Å²) in [6.07, 6.45) is 1.51. The van der Waals surface area contributed by atoms with E-state index in [0.29, 0.717) is 5.52 Å². The van der Waals surface area contributed by atoms with Crippen LogP contribution in [-0.4, -0.2) is 26.2 Å². The van der Waals surface area contributed by atoms with E-state index in [0.717, 1.165) is 10.3 Å². The Balaban J connectivity index is 2.10. The van der Waals surface area contributed by atoms with Gasteiger partial charge in [-0.3, -0.25) is 0 Å². The predicted molar refractivity (Wildman–Crippen MR) is 92.5 cm³/mol. The highest BCUT2D eigenvalue weighted by Gasteiger charge is 2.19. The lowest BCUT2D eigenvalue weighted by Crippen LogP contribution is -2.11. The van der Waals surface area contributed by atoms with E-state index in [-0.39, 0.29) is 9.98 Å². The van der Waals surface area contributed by atoms with Gasteiger partial charge in [-0.05, 0) is 30.3 Å². The zero-order chi connectivity index (χ0) is 16.4. The fourth-order valence-corrected chi connectivity index (χ4v) is 5.05. The minimum Gasteiger partial charge on any atom is -0.305 e. The molecule has 23 heavy (non-hydrogen) atoms. The summed E-state index contributed by atoms with van der Waals surface area (Å²) >= 11 is -0.692. The third-order valence-corrected chi connectivity index (χ3v) is 6.92. The molecule has 0 amide bonds. The summed E-state index contributed by atoms with van der Waals surface area (Å²) in [6, 6.07) is 15.2. The van der Waals surface area contributed by atoms with Crippen LogP contribution < -0.4 is 0 Å². The second-order valence-corrected chi connectivity index (χ2v) is 8.83. The van der Waals surface area contributed by atoms with Gasteiger partial charge in [0.05, 0.1) is 15.5 Å². The van der Waals surface area contributed by atoms with Crippen molar-refractivity contribution >= 4 is 43.8 Å². The highest BCUT2D eigenvalue weighted by molar-refractivity contribution is 8.09. The molecule has 0 aliphatic rings. The first kappa shape index (κ1) is 16.3. The monoisotopic (exact) mass is 367 g/mol. The molecule has 2 aromatic carbocycles. The molecule has 0 bridgehead atoms. The SMILES string of the molecule is O=S(O)CSc1cccc2c1ccn2S(=O)(=O)c1ccccc1. The Morgan fingerprint density at radius 2 is 1.78 bits per heavy atom. The quantitative estimate of drug-likeness (QED) is 0.554. The van der Waals surface area contributed by atoms with Crippen LogP contribution in [0.1, 0.15) is 0 Å². The van der Waals surface area contributed by atoms with Crippen LogP contribution in [0.2, 0.25) is 0 Å². The van der Waals surface area contributed by atoms with Gasteiger partial charge in [0, 0.05) is 16.5 Å². The summed E-state index contributed by atoms with van der Waals surface area (Å²) in [7, 11) is -3.67. The molecule has 1 N–H and O–H groups in total. The van der Waals surface area contributed by atoms with Gasteiger partial charge in [0.15, 0.2) is 11.1 Å². The van der Waals surface area contributed by atoms with Crippen LogP contribution in [0.3, 0.4) is 0 Å². The van der Waals surface area contributed by atoms with Crippen molar-refractivity contribution in [3.63, 3.8) is 0 Å². The van der Waals surface area contributed by atoms with E-state index in [1.807, 2.05) is 0 Å². The fourth-order valence-electron chi connectivity index (χ4n) is 2.27. The highest BCUT2D eigenvalue weighted by atomic mass is 32.2. The fraction of sp³-hybridized carbons (Fsp3) is 0.0667. The Bertz CT molecular complexity index is 965. The highest BCUT2D eigenvalue weighted by Crippen LogP contribution is 2.30. The van der Waals surface area contributed by atoms with Crippen molar-refractivity contribution in [3.8, 4) is 0 Å². The first-order chi connectivity index (χ1) is 11.0. The molecule has 0 aliphatic carbocycles. The van der Waals surface area contributed by atoms with Gasteiger partial charge in [-0.15, -0.1) is 11.8 Å². The number of hydrogen-bond donors (Lipinski definition) is 1. The van der Waals surface area contributed by atoms with Crippen molar-refractivity contribution < 1.29 is 17.2 Å². The molecule has 1 aromatic heterocycles. The molecular formula is C15H13NO4S3. The Morgan fingerprint density at radius 3 is 2.48 bits per heavy atom.